The molecule has 5 heteroatoms. The first-order valence-electron chi connectivity index (χ1n) is 6.15. The van der Waals surface area contributed by atoms with Gasteiger partial charge in [-0.15, -0.1) is 0 Å². The maximum absolute atomic E-state index is 11.2. The largest absolute Gasteiger partial charge is 0.481 e. The molecule has 0 radical (unpaired) electrons. The minimum atomic E-state index is -0.674. The topological polar surface area (TPSA) is 59.0 Å². The number of aliphatic carboxylic acids is 1. The summed E-state index contributed by atoms with van der Waals surface area (Å²) in [7, 11) is 3.33. The summed E-state index contributed by atoms with van der Waals surface area (Å²) in [5.74, 6) is -0.906. The third kappa shape index (κ3) is 4.26. The molecule has 0 saturated heterocycles. The van der Waals surface area contributed by atoms with E-state index < -0.39 is 5.97 Å². The molecule has 1 N–H and O–H groups in total. The van der Waals surface area contributed by atoms with Crippen molar-refractivity contribution in [1.82, 2.24) is 4.90 Å². The predicted octanol–water partition coefficient (Wildman–Crippen LogP) is 0.835. The molecule has 0 aliphatic heterocycles. The minimum absolute atomic E-state index is 0.137. The quantitative estimate of drug-likeness (QED) is 0.686. The molecule has 2 unspecified atom stereocenters. The molecule has 17 heavy (non-hydrogen) atoms. The Kier molecular flexibility index (Phi) is 6.47. The van der Waals surface area contributed by atoms with E-state index >= 15 is 0 Å². The first kappa shape index (κ1) is 14.4. The van der Waals surface area contributed by atoms with Crippen LogP contribution in [0.1, 0.15) is 19.3 Å². The number of carboxylic acid groups (broad SMARTS) is 1. The maximum Gasteiger partial charge on any atom is 0.308 e. The summed E-state index contributed by atoms with van der Waals surface area (Å²) in [6.07, 6.45) is 2.75. The molecule has 0 bridgehead atoms. The highest BCUT2D eigenvalue weighted by Crippen LogP contribution is 2.30. The third-order valence-corrected chi connectivity index (χ3v) is 3.43. The van der Waals surface area contributed by atoms with Gasteiger partial charge in [-0.2, -0.15) is 0 Å². The van der Waals surface area contributed by atoms with Crippen molar-refractivity contribution in [3.63, 3.8) is 0 Å². The van der Waals surface area contributed by atoms with E-state index in [0.717, 1.165) is 32.4 Å². The van der Waals surface area contributed by atoms with Gasteiger partial charge in [0.05, 0.1) is 19.1 Å². The minimum Gasteiger partial charge on any atom is -0.481 e. The van der Waals surface area contributed by atoms with E-state index in [1.807, 2.05) is 0 Å². The second kappa shape index (κ2) is 7.63. The number of carbonyl (C=O) groups is 1. The second-order valence-corrected chi connectivity index (χ2v) is 4.46. The average molecular weight is 245 g/mol. The highest BCUT2D eigenvalue weighted by Gasteiger charge is 2.36. The van der Waals surface area contributed by atoms with Crippen LogP contribution in [0.5, 0.6) is 0 Å². The van der Waals surface area contributed by atoms with Crippen molar-refractivity contribution in [2.24, 2.45) is 5.92 Å². The van der Waals surface area contributed by atoms with Gasteiger partial charge >= 0.3 is 5.97 Å². The van der Waals surface area contributed by atoms with Gasteiger partial charge in [-0.25, -0.2) is 0 Å². The van der Waals surface area contributed by atoms with Gasteiger partial charge < -0.3 is 14.6 Å². The third-order valence-electron chi connectivity index (χ3n) is 3.43. The molecule has 0 aromatic carbocycles. The van der Waals surface area contributed by atoms with Gasteiger partial charge in [-0.05, 0) is 12.8 Å². The van der Waals surface area contributed by atoms with Crippen LogP contribution in [0.25, 0.3) is 0 Å². The summed E-state index contributed by atoms with van der Waals surface area (Å²) in [4.78, 5) is 13.4. The number of carboxylic acids is 1. The second-order valence-electron chi connectivity index (χ2n) is 4.46. The smallest absolute Gasteiger partial charge is 0.308 e. The molecule has 1 aliphatic rings. The van der Waals surface area contributed by atoms with Crippen molar-refractivity contribution >= 4 is 5.97 Å². The summed E-state index contributed by atoms with van der Waals surface area (Å²) in [5, 5.41) is 9.19. The van der Waals surface area contributed by atoms with Gasteiger partial charge in [0.2, 0.25) is 0 Å². The van der Waals surface area contributed by atoms with Crippen LogP contribution in [0.15, 0.2) is 0 Å². The van der Waals surface area contributed by atoms with Crippen molar-refractivity contribution in [3.05, 3.63) is 0 Å². The molecule has 0 spiro atoms. The fourth-order valence-corrected chi connectivity index (χ4v) is 2.53. The normalized spacial score (nSPS) is 24.4. The SMILES string of the molecule is COCCN(CCOC)C1CCCC1C(=O)O. The lowest BCUT2D eigenvalue weighted by molar-refractivity contribution is -0.143. The van der Waals surface area contributed by atoms with E-state index in [0.29, 0.717) is 13.2 Å². The van der Waals surface area contributed by atoms with E-state index in [9.17, 15) is 9.90 Å². The number of hydrogen-bond donors (Lipinski definition) is 1. The molecular weight excluding hydrogens is 222 g/mol. The van der Waals surface area contributed by atoms with E-state index in [1.54, 1.807) is 14.2 Å². The fraction of sp³-hybridized carbons (Fsp3) is 0.917. The van der Waals surface area contributed by atoms with Gasteiger partial charge in [0.1, 0.15) is 0 Å². The number of rotatable bonds is 8. The number of hydrogen-bond acceptors (Lipinski definition) is 4. The zero-order chi connectivity index (χ0) is 12.7. The Labute approximate surface area is 103 Å². The van der Waals surface area contributed by atoms with Crippen molar-refractivity contribution in [1.29, 1.82) is 0 Å². The molecule has 0 amide bonds. The van der Waals surface area contributed by atoms with Crippen LogP contribution < -0.4 is 0 Å². The Morgan fingerprint density at radius 2 is 1.82 bits per heavy atom. The molecule has 1 saturated carbocycles. The maximum atomic E-state index is 11.2. The van der Waals surface area contributed by atoms with Crippen molar-refractivity contribution in [2.45, 2.75) is 25.3 Å². The monoisotopic (exact) mass is 245 g/mol. The van der Waals surface area contributed by atoms with E-state index in [4.69, 9.17) is 9.47 Å². The molecule has 2 atom stereocenters. The van der Waals surface area contributed by atoms with Crippen molar-refractivity contribution < 1.29 is 19.4 Å². The van der Waals surface area contributed by atoms with Crippen LogP contribution in [0.2, 0.25) is 0 Å². The molecule has 0 heterocycles. The Balaban J connectivity index is 2.56. The van der Waals surface area contributed by atoms with Crippen LogP contribution in [-0.2, 0) is 14.3 Å². The van der Waals surface area contributed by atoms with E-state index in [1.165, 1.54) is 0 Å². The van der Waals surface area contributed by atoms with Crippen molar-refractivity contribution in [2.75, 3.05) is 40.5 Å². The number of nitrogens with zero attached hydrogens (tertiary/aromatic N) is 1. The standard InChI is InChI=1S/C12H23NO4/c1-16-8-6-13(7-9-17-2)11-5-3-4-10(11)12(14)15/h10-11H,3-9H2,1-2H3,(H,14,15). The summed E-state index contributed by atoms with van der Waals surface area (Å²) in [6, 6.07) is 0.137. The molecule has 0 aromatic heterocycles. The summed E-state index contributed by atoms with van der Waals surface area (Å²) in [6.45, 7) is 2.81. The molecule has 1 fully saturated rings. The molecular formula is C12H23NO4. The summed E-state index contributed by atoms with van der Waals surface area (Å²) >= 11 is 0. The van der Waals surface area contributed by atoms with E-state index in [-0.39, 0.29) is 12.0 Å². The van der Waals surface area contributed by atoms with Crippen LogP contribution in [0.4, 0.5) is 0 Å². The van der Waals surface area contributed by atoms with Gasteiger partial charge in [0.25, 0.3) is 0 Å². The van der Waals surface area contributed by atoms with Crippen LogP contribution in [-0.4, -0.2) is 62.5 Å². The van der Waals surface area contributed by atoms with Crippen LogP contribution >= 0.6 is 0 Å². The Morgan fingerprint density at radius 3 is 2.29 bits per heavy atom. The zero-order valence-electron chi connectivity index (χ0n) is 10.7. The molecule has 100 valence electrons. The number of ether oxygens (including phenoxy) is 2. The average Bonchev–Trinajstić information content (AvgIpc) is 2.78. The Hall–Kier alpha value is -0.650. The first-order valence-corrected chi connectivity index (χ1v) is 6.15. The van der Waals surface area contributed by atoms with Gasteiger partial charge in [0, 0.05) is 33.4 Å². The lowest BCUT2D eigenvalue weighted by atomic mass is 10.0. The van der Waals surface area contributed by atoms with Crippen LogP contribution in [0, 0.1) is 5.92 Å². The first-order chi connectivity index (χ1) is 8.20. The highest BCUT2D eigenvalue weighted by molar-refractivity contribution is 5.71. The Bertz CT molecular complexity index is 227. The molecule has 1 aliphatic carbocycles. The van der Waals surface area contributed by atoms with Gasteiger partial charge in [0.15, 0.2) is 0 Å². The predicted molar refractivity (Wildman–Crippen MR) is 64.1 cm³/mol. The molecule has 5 nitrogen and oxygen atoms in total. The van der Waals surface area contributed by atoms with Gasteiger partial charge in [-0.3, -0.25) is 9.69 Å². The Morgan fingerprint density at radius 1 is 1.24 bits per heavy atom. The summed E-state index contributed by atoms with van der Waals surface area (Å²) < 4.78 is 10.2. The van der Waals surface area contributed by atoms with Crippen LogP contribution in [0.3, 0.4) is 0 Å². The van der Waals surface area contributed by atoms with Gasteiger partial charge in [-0.1, -0.05) is 6.42 Å². The zero-order valence-corrected chi connectivity index (χ0v) is 10.7. The molecule has 0 aromatic rings. The van der Waals surface area contributed by atoms with E-state index in [2.05, 4.69) is 4.90 Å². The van der Waals surface area contributed by atoms with Crippen molar-refractivity contribution in [3.8, 4) is 0 Å². The number of methoxy groups -OCH3 is 2. The molecule has 1 rings (SSSR count). The lowest BCUT2D eigenvalue weighted by Crippen LogP contribution is -2.43. The lowest BCUT2D eigenvalue weighted by Gasteiger charge is -2.31. The highest BCUT2D eigenvalue weighted by atomic mass is 16.5. The fourth-order valence-electron chi connectivity index (χ4n) is 2.53. The summed E-state index contributed by atoms with van der Waals surface area (Å²) in [5.41, 5.74) is 0.